The summed E-state index contributed by atoms with van der Waals surface area (Å²) in [5, 5.41) is 9.45. The Hall–Kier alpha value is -0.650. The van der Waals surface area contributed by atoms with Gasteiger partial charge in [0.2, 0.25) is 0 Å². The van der Waals surface area contributed by atoms with Gasteiger partial charge in [0.25, 0.3) is 0 Å². The Bertz CT molecular complexity index is 388. The van der Waals surface area contributed by atoms with Crippen molar-refractivity contribution in [1.29, 1.82) is 0 Å². The molecule has 0 fully saturated rings. The summed E-state index contributed by atoms with van der Waals surface area (Å²) in [5.74, 6) is -0.106. The molecule has 33 heavy (non-hydrogen) atoms. The van der Waals surface area contributed by atoms with Crippen molar-refractivity contribution in [2.24, 2.45) is 0 Å². The Morgan fingerprint density at radius 1 is 0.667 bits per heavy atom. The summed E-state index contributed by atoms with van der Waals surface area (Å²) in [6.45, 7) is 6.42. The summed E-state index contributed by atoms with van der Waals surface area (Å²) in [4.78, 5) is 11.3. The van der Waals surface area contributed by atoms with Gasteiger partial charge in [-0.1, -0.05) is 103 Å². The van der Waals surface area contributed by atoms with Crippen LogP contribution in [0.5, 0.6) is 0 Å². The number of carbonyl (C=O) groups is 1. The van der Waals surface area contributed by atoms with Gasteiger partial charge in [-0.25, -0.2) is 0 Å². The number of aliphatic hydroxyl groups excluding tert-OH is 1. The van der Waals surface area contributed by atoms with Crippen molar-refractivity contribution >= 4 is 5.97 Å². The summed E-state index contributed by atoms with van der Waals surface area (Å²) < 4.78 is 16.3. The Morgan fingerprint density at radius 3 is 1.67 bits per heavy atom. The zero-order valence-electron chi connectivity index (χ0n) is 22.1. The highest BCUT2D eigenvalue weighted by molar-refractivity contribution is 5.69. The van der Waals surface area contributed by atoms with E-state index < -0.39 is 0 Å². The lowest BCUT2D eigenvalue weighted by Crippen LogP contribution is -2.24. The van der Waals surface area contributed by atoms with Crippen LogP contribution in [0.4, 0.5) is 0 Å². The predicted molar refractivity (Wildman–Crippen MR) is 138 cm³/mol. The van der Waals surface area contributed by atoms with Gasteiger partial charge >= 0.3 is 5.97 Å². The lowest BCUT2D eigenvalue weighted by Gasteiger charge is -2.15. The van der Waals surface area contributed by atoms with E-state index >= 15 is 0 Å². The van der Waals surface area contributed by atoms with Crippen molar-refractivity contribution in [2.75, 3.05) is 33.0 Å². The van der Waals surface area contributed by atoms with E-state index in [2.05, 4.69) is 6.92 Å². The molecule has 0 bridgehead atoms. The Kier molecular flexibility index (Phi) is 27.0. The van der Waals surface area contributed by atoms with E-state index in [0.717, 1.165) is 38.7 Å². The van der Waals surface area contributed by atoms with Crippen LogP contribution in [0.2, 0.25) is 0 Å². The van der Waals surface area contributed by atoms with Crippen LogP contribution in [-0.2, 0) is 19.0 Å². The molecule has 198 valence electrons. The molecule has 0 spiro atoms. The molecule has 0 rings (SSSR count). The van der Waals surface area contributed by atoms with Crippen molar-refractivity contribution in [3.63, 3.8) is 0 Å². The van der Waals surface area contributed by atoms with Crippen LogP contribution in [0.15, 0.2) is 0 Å². The first-order valence-electron chi connectivity index (χ1n) is 14.2. The first kappa shape index (κ1) is 32.4. The second-order valence-corrected chi connectivity index (χ2v) is 9.32. The monoisotopic (exact) mass is 472 g/mol. The summed E-state index contributed by atoms with van der Waals surface area (Å²) in [6, 6.07) is 0. The van der Waals surface area contributed by atoms with Gasteiger partial charge in [0, 0.05) is 19.6 Å². The van der Waals surface area contributed by atoms with E-state index in [1.165, 1.54) is 83.5 Å². The number of hydrogen-bond donors (Lipinski definition) is 1. The van der Waals surface area contributed by atoms with Crippen LogP contribution in [0.1, 0.15) is 136 Å². The third-order valence-electron chi connectivity index (χ3n) is 6.08. The van der Waals surface area contributed by atoms with Crippen molar-refractivity contribution in [3.05, 3.63) is 0 Å². The molecule has 1 N–H and O–H groups in total. The quantitative estimate of drug-likeness (QED) is 0.0998. The fraction of sp³-hybridized carbons (Fsp3) is 0.964. The number of ether oxygens (including phenoxy) is 3. The van der Waals surface area contributed by atoms with Gasteiger partial charge in [-0.05, 0) is 26.2 Å². The average molecular weight is 473 g/mol. The fourth-order valence-corrected chi connectivity index (χ4v) is 3.98. The molecule has 0 aromatic heterocycles. The molecule has 0 heterocycles. The molecule has 0 aromatic carbocycles. The van der Waals surface area contributed by atoms with Gasteiger partial charge < -0.3 is 19.3 Å². The zero-order chi connectivity index (χ0) is 24.2. The molecular formula is C28H56O5. The number of rotatable bonds is 27. The smallest absolute Gasteiger partial charge is 0.305 e. The molecule has 1 atom stereocenters. The lowest BCUT2D eigenvalue weighted by molar-refractivity contribution is -0.143. The highest BCUT2D eigenvalue weighted by atomic mass is 16.5. The first-order valence-corrected chi connectivity index (χ1v) is 14.2. The molecule has 0 radical (unpaired) electrons. The van der Waals surface area contributed by atoms with Crippen molar-refractivity contribution in [2.45, 2.75) is 142 Å². The van der Waals surface area contributed by atoms with E-state index in [0.29, 0.717) is 26.2 Å². The van der Waals surface area contributed by atoms with Gasteiger partial charge in [-0.2, -0.15) is 0 Å². The standard InChI is InChI=1S/C28H56O5/c1-3-5-6-7-8-9-10-11-12-13-14-15-17-20-23-31-26-27(25-29)33-24-21-18-16-19-22-28(30)32-4-2/h27,29H,3-26H2,1-2H3/t27-/m0/s1. The maximum Gasteiger partial charge on any atom is 0.305 e. The Morgan fingerprint density at radius 2 is 1.15 bits per heavy atom. The Labute approximate surface area is 205 Å². The van der Waals surface area contributed by atoms with Gasteiger partial charge in [0.1, 0.15) is 6.10 Å². The number of carbonyl (C=O) groups excluding carboxylic acids is 1. The summed E-state index contributed by atoms with van der Waals surface area (Å²) >= 11 is 0. The summed E-state index contributed by atoms with van der Waals surface area (Å²) in [5.41, 5.74) is 0. The molecule has 0 aliphatic heterocycles. The maximum atomic E-state index is 11.3. The zero-order valence-corrected chi connectivity index (χ0v) is 22.1. The minimum Gasteiger partial charge on any atom is -0.466 e. The number of aliphatic hydroxyl groups is 1. The highest BCUT2D eigenvalue weighted by Crippen LogP contribution is 2.13. The molecular weight excluding hydrogens is 416 g/mol. The van der Waals surface area contributed by atoms with Crippen LogP contribution in [0, 0.1) is 0 Å². The van der Waals surface area contributed by atoms with Crippen LogP contribution in [-0.4, -0.2) is 50.2 Å². The minimum absolute atomic E-state index is 0.00159. The number of esters is 1. The van der Waals surface area contributed by atoms with Crippen LogP contribution < -0.4 is 0 Å². The lowest BCUT2D eigenvalue weighted by atomic mass is 10.0. The highest BCUT2D eigenvalue weighted by Gasteiger charge is 2.08. The molecule has 0 saturated heterocycles. The molecule has 0 aliphatic rings. The van der Waals surface area contributed by atoms with Gasteiger partial charge in [0.05, 0.1) is 19.8 Å². The fourth-order valence-electron chi connectivity index (χ4n) is 3.98. The maximum absolute atomic E-state index is 11.3. The van der Waals surface area contributed by atoms with E-state index in [9.17, 15) is 9.90 Å². The molecule has 0 aromatic rings. The summed E-state index contributed by atoms with van der Waals surface area (Å²) in [6.07, 6.45) is 23.1. The number of unbranched alkanes of at least 4 members (excludes halogenated alkanes) is 16. The normalized spacial score (nSPS) is 12.2. The third-order valence-corrected chi connectivity index (χ3v) is 6.08. The molecule has 0 aliphatic carbocycles. The summed E-state index contributed by atoms with van der Waals surface area (Å²) in [7, 11) is 0. The van der Waals surface area contributed by atoms with Gasteiger partial charge in [0.15, 0.2) is 0 Å². The van der Waals surface area contributed by atoms with E-state index in [-0.39, 0.29) is 18.7 Å². The van der Waals surface area contributed by atoms with Crippen LogP contribution >= 0.6 is 0 Å². The molecule has 0 saturated carbocycles. The molecule has 5 heteroatoms. The largest absolute Gasteiger partial charge is 0.466 e. The van der Waals surface area contributed by atoms with E-state index in [1.54, 1.807) is 0 Å². The van der Waals surface area contributed by atoms with E-state index in [4.69, 9.17) is 14.2 Å². The second-order valence-electron chi connectivity index (χ2n) is 9.32. The molecule has 0 unspecified atom stereocenters. The molecule has 0 amide bonds. The van der Waals surface area contributed by atoms with Crippen LogP contribution in [0.3, 0.4) is 0 Å². The van der Waals surface area contributed by atoms with Crippen molar-refractivity contribution < 1.29 is 24.1 Å². The van der Waals surface area contributed by atoms with Crippen LogP contribution in [0.25, 0.3) is 0 Å². The SMILES string of the molecule is CCCCCCCCCCCCCCCCOC[C@H](CO)OCCCCCCC(=O)OCC. The average Bonchev–Trinajstić information content (AvgIpc) is 2.82. The first-order chi connectivity index (χ1) is 16.2. The topological polar surface area (TPSA) is 65.0 Å². The van der Waals surface area contributed by atoms with Crippen molar-refractivity contribution in [1.82, 2.24) is 0 Å². The molecule has 5 nitrogen and oxygen atoms in total. The third kappa shape index (κ3) is 25.8. The van der Waals surface area contributed by atoms with E-state index in [1.807, 2.05) is 6.92 Å². The van der Waals surface area contributed by atoms with Gasteiger partial charge in [-0.15, -0.1) is 0 Å². The predicted octanol–water partition coefficient (Wildman–Crippen LogP) is 7.38. The Balaban J connectivity index is 3.30. The second kappa shape index (κ2) is 27.6. The van der Waals surface area contributed by atoms with Gasteiger partial charge in [-0.3, -0.25) is 4.79 Å². The van der Waals surface area contributed by atoms with Crippen molar-refractivity contribution in [3.8, 4) is 0 Å². The number of hydrogen-bond acceptors (Lipinski definition) is 5. The minimum atomic E-state index is -0.226.